The molecule has 1 heterocycles. The van der Waals surface area contributed by atoms with Crippen LogP contribution in [0.25, 0.3) is 0 Å². The molecule has 7 atom stereocenters. The van der Waals surface area contributed by atoms with Crippen molar-refractivity contribution in [3.05, 3.63) is 42.0 Å². The van der Waals surface area contributed by atoms with Gasteiger partial charge in [0, 0.05) is 11.8 Å². The molecule has 0 bridgehead atoms. The van der Waals surface area contributed by atoms with Gasteiger partial charge >= 0.3 is 5.97 Å². The molecule has 1 aromatic rings. The Morgan fingerprint density at radius 3 is 2.27 bits per heavy atom. The fourth-order valence-electron chi connectivity index (χ4n) is 4.48. The number of esters is 1. The summed E-state index contributed by atoms with van der Waals surface area (Å²) in [4.78, 5) is 24.7. The molecule has 0 radical (unpaired) electrons. The van der Waals surface area contributed by atoms with Crippen LogP contribution < -0.4 is 0 Å². The van der Waals surface area contributed by atoms with Crippen LogP contribution in [0.1, 0.15) is 61.3 Å². The summed E-state index contributed by atoms with van der Waals surface area (Å²) in [5, 5.41) is 0. The fraction of sp³-hybridized carbons (Fsp3) is 0.615. The highest BCUT2D eigenvalue weighted by Crippen LogP contribution is 2.32. The van der Waals surface area contributed by atoms with Gasteiger partial charge in [-0.3, -0.25) is 13.8 Å². The normalized spacial score (nSPS) is 23.6. The first kappa shape index (κ1) is 27.3. The monoisotopic (exact) mass is 478 g/mol. The van der Waals surface area contributed by atoms with Crippen LogP contribution in [-0.2, 0) is 28.6 Å². The molecule has 2 rings (SSSR count). The first-order chi connectivity index (χ1) is 15.4. The van der Waals surface area contributed by atoms with E-state index in [9.17, 15) is 18.0 Å². The van der Waals surface area contributed by atoms with Crippen molar-refractivity contribution in [3.63, 3.8) is 0 Å². The highest BCUT2D eigenvalue weighted by Gasteiger charge is 2.42. The van der Waals surface area contributed by atoms with E-state index in [1.807, 2.05) is 47.6 Å². The molecule has 1 aromatic carbocycles. The van der Waals surface area contributed by atoms with E-state index in [2.05, 4.69) is 0 Å². The number of allylic oxidation sites excluding steroid dienone is 2. The highest BCUT2D eigenvalue weighted by molar-refractivity contribution is 7.86. The first-order valence-electron chi connectivity index (χ1n) is 11.8. The van der Waals surface area contributed by atoms with Gasteiger partial charge < -0.3 is 4.74 Å². The maximum atomic E-state index is 13.3. The molecule has 7 heteroatoms. The van der Waals surface area contributed by atoms with Gasteiger partial charge in [-0.2, -0.15) is 8.42 Å². The van der Waals surface area contributed by atoms with Crippen LogP contribution >= 0.6 is 0 Å². The molecule has 1 fully saturated rings. The third kappa shape index (κ3) is 6.76. The first-order valence-corrected chi connectivity index (χ1v) is 13.2. The fourth-order valence-corrected chi connectivity index (χ4v) is 5.73. The summed E-state index contributed by atoms with van der Waals surface area (Å²) in [5.74, 6) is -1.24. The number of cyclic esters (lactones) is 1. The molecular weight excluding hydrogens is 440 g/mol. The molecule has 0 N–H and O–H groups in total. The van der Waals surface area contributed by atoms with Crippen LogP contribution in [0.2, 0.25) is 0 Å². The van der Waals surface area contributed by atoms with E-state index >= 15 is 0 Å². The van der Waals surface area contributed by atoms with Crippen molar-refractivity contribution in [2.45, 2.75) is 78.4 Å². The van der Waals surface area contributed by atoms with Crippen LogP contribution in [-0.4, -0.2) is 32.4 Å². The van der Waals surface area contributed by atoms with Gasteiger partial charge in [-0.25, -0.2) is 0 Å². The van der Waals surface area contributed by atoms with Crippen molar-refractivity contribution in [2.75, 3.05) is 0 Å². The van der Waals surface area contributed by atoms with E-state index in [1.54, 1.807) is 25.1 Å². The molecule has 0 amide bonds. The Labute approximate surface area is 198 Å². The number of Topliss-reactive ketones (excluding diaryl/α,β-unsaturated/α-hetero) is 1. The van der Waals surface area contributed by atoms with E-state index in [0.29, 0.717) is 6.42 Å². The largest absolute Gasteiger partial charge is 0.461 e. The van der Waals surface area contributed by atoms with Gasteiger partial charge in [-0.15, -0.1) is 0 Å². The third-order valence-corrected chi connectivity index (χ3v) is 8.05. The summed E-state index contributed by atoms with van der Waals surface area (Å²) >= 11 is 0. The second kappa shape index (κ2) is 11.4. The highest BCUT2D eigenvalue weighted by atomic mass is 32.2. The van der Waals surface area contributed by atoms with Crippen molar-refractivity contribution in [2.24, 2.45) is 29.6 Å². The molecule has 0 spiro atoms. The number of hydrogen-bond acceptors (Lipinski definition) is 6. The van der Waals surface area contributed by atoms with Crippen molar-refractivity contribution >= 4 is 21.9 Å². The third-order valence-electron chi connectivity index (χ3n) is 6.72. The van der Waals surface area contributed by atoms with Crippen molar-refractivity contribution in [1.82, 2.24) is 0 Å². The lowest BCUT2D eigenvalue weighted by atomic mass is 9.82. The number of carbonyl (C=O) groups is 2. The molecule has 0 aliphatic carbocycles. The predicted octanol–water partition coefficient (Wildman–Crippen LogP) is 5.18. The van der Waals surface area contributed by atoms with Crippen LogP contribution in [0, 0.1) is 29.6 Å². The number of ketones is 1. The number of benzene rings is 1. The lowest BCUT2D eigenvalue weighted by Gasteiger charge is -2.37. The van der Waals surface area contributed by atoms with Gasteiger partial charge in [-0.1, -0.05) is 70.9 Å². The Morgan fingerprint density at radius 1 is 1.15 bits per heavy atom. The topological polar surface area (TPSA) is 86.7 Å². The molecule has 184 valence electrons. The van der Waals surface area contributed by atoms with E-state index < -0.39 is 22.1 Å². The summed E-state index contributed by atoms with van der Waals surface area (Å²) < 4.78 is 36.5. The summed E-state index contributed by atoms with van der Waals surface area (Å²) in [6.07, 6.45) is 2.50. The molecular formula is C26H38O6S. The zero-order valence-electron chi connectivity index (χ0n) is 20.8. The Bertz CT molecular complexity index is 952. The van der Waals surface area contributed by atoms with Gasteiger partial charge in [-0.05, 0) is 44.2 Å². The minimum absolute atomic E-state index is 0.0565. The molecule has 6 nitrogen and oxygen atoms in total. The average Bonchev–Trinajstić information content (AvgIpc) is 2.79. The minimum atomic E-state index is -3.98. The maximum absolute atomic E-state index is 13.3. The zero-order valence-corrected chi connectivity index (χ0v) is 21.6. The molecule has 0 aromatic heterocycles. The predicted molar refractivity (Wildman–Crippen MR) is 128 cm³/mol. The second-order valence-corrected chi connectivity index (χ2v) is 11.1. The Balaban J connectivity index is 2.10. The summed E-state index contributed by atoms with van der Waals surface area (Å²) in [6.45, 7) is 13.3. The van der Waals surface area contributed by atoms with Gasteiger partial charge in [0.1, 0.15) is 11.9 Å². The van der Waals surface area contributed by atoms with Crippen LogP contribution in [0.4, 0.5) is 0 Å². The van der Waals surface area contributed by atoms with Gasteiger partial charge in [0.25, 0.3) is 10.1 Å². The van der Waals surface area contributed by atoms with E-state index in [4.69, 9.17) is 8.92 Å². The minimum Gasteiger partial charge on any atom is -0.461 e. The van der Waals surface area contributed by atoms with E-state index in [-0.39, 0.29) is 46.4 Å². The second-order valence-electron chi connectivity index (χ2n) is 9.58. The maximum Gasteiger partial charge on any atom is 0.312 e. The molecule has 33 heavy (non-hydrogen) atoms. The number of carbonyl (C=O) groups excluding carboxylic acids is 2. The summed E-state index contributed by atoms with van der Waals surface area (Å²) in [6, 6.07) is 8.01. The van der Waals surface area contributed by atoms with Crippen LogP contribution in [0.15, 0.2) is 46.9 Å². The lowest BCUT2D eigenvalue weighted by Crippen LogP contribution is -2.47. The quantitative estimate of drug-likeness (QED) is 0.234. The van der Waals surface area contributed by atoms with E-state index in [0.717, 1.165) is 12.0 Å². The van der Waals surface area contributed by atoms with Crippen molar-refractivity contribution < 1.29 is 26.9 Å². The number of ether oxygens (including phenoxy) is 1. The Morgan fingerprint density at radius 2 is 1.76 bits per heavy atom. The average molecular weight is 479 g/mol. The van der Waals surface area contributed by atoms with Crippen LogP contribution in [0.5, 0.6) is 0 Å². The standard InChI is InChI=1S/C26H38O6S/c1-8-17(3)25(32-33(29,30)22-12-10-9-11-13-22)20(6)23(27)18(4)14-16(2)15-19(5)24-21(7)26(28)31-24/h9-14,17-21,24-25H,8,15H2,1-7H3/b16-14+/t17-,18-,19+,20-,21-,24+,25-/m1/s1. The van der Waals surface area contributed by atoms with Crippen LogP contribution in [0.3, 0.4) is 0 Å². The van der Waals surface area contributed by atoms with Crippen molar-refractivity contribution in [3.8, 4) is 0 Å². The SMILES string of the molecule is CC[C@@H](C)[C@@H](OS(=O)(=O)c1ccccc1)[C@H](C)C(=O)[C@H](C)/C=C(\C)C[C@H](C)[C@@H]1OC(=O)[C@@H]1C. The Hall–Kier alpha value is -1.99. The molecule has 1 aliphatic rings. The van der Waals surface area contributed by atoms with Crippen molar-refractivity contribution in [1.29, 1.82) is 0 Å². The van der Waals surface area contributed by atoms with Gasteiger partial charge in [0.2, 0.25) is 0 Å². The molecule has 0 unspecified atom stereocenters. The lowest BCUT2D eigenvalue weighted by molar-refractivity contribution is -0.188. The molecule has 0 saturated carbocycles. The Kier molecular flexibility index (Phi) is 9.44. The van der Waals surface area contributed by atoms with E-state index in [1.165, 1.54) is 12.1 Å². The smallest absolute Gasteiger partial charge is 0.312 e. The zero-order chi connectivity index (χ0) is 24.9. The molecule has 1 saturated heterocycles. The number of hydrogen-bond donors (Lipinski definition) is 0. The van der Waals surface area contributed by atoms with Gasteiger partial charge in [0.05, 0.1) is 16.9 Å². The summed E-state index contributed by atoms with van der Waals surface area (Å²) in [7, 11) is -3.98. The molecule has 1 aliphatic heterocycles. The number of rotatable bonds is 12. The van der Waals surface area contributed by atoms with Gasteiger partial charge in [0.15, 0.2) is 0 Å². The summed E-state index contributed by atoms with van der Waals surface area (Å²) in [5.41, 5.74) is 1.05.